The molecule has 0 atom stereocenters. The van der Waals surface area contributed by atoms with Gasteiger partial charge in [-0.3, -0.25) is 0 Å². The second kappa shape index (κ2) is 9.18. The molecule has 0 bridgehead atoms. The number of anilines is 5. The van der Waals surface area contributed by atoms with E-state index in [4.69, 9.17) is 17.2 Å². The van der Waals surface area contributed by atoms with Crippen molar-refractivity contribution in [1.82, 2.24) is 9.97 Å². The third kappa shape index (κ3) is 5.10. The normalized spacial score (nSPS) is 11.0. The fraction of sp³-hybridized carbons (Fsp3) is 0.182. The lowest BCUT2D eigenvalue weighted by atomic mass is 10.0. The summed E-state index contributed by atoms with van der Waals surface area (Å²) < 4.78 is 0. The first-order valence-electron chi connectivity index (χ1n) is 9.43. The first-order valence-corrected chi connectivity index (χ1v) is 9.43. The van der Waals surface area contributed by atoms with Crippen LogP contribution in [0.4, 0.5) is 28.8 Å². The molecule has 0 saturated heterocycles. The van der Waals surface area contributed by atoms with Crippen molar-refractivity contribution in [3.8, 4) is 0 Å². The van der Waals surface area contributed by atoms with Crippen LogP contribution in [0.1, 0.15) is 22.3 Å². The molecular formula is C22H27N7. The summed E-state index contributed by atoms with van der Waals surface area (Å²) in [4.78, 5) is 8.82. The Hall–Kier alpha value is -3.42. The van der Waals surface area contributed by atoms with E-state index in [-0.39, 0.29) is 0 Å². The molecule has 0 amide bonds. The maximum Gasteiger partial charge on any atom is 0.229 e. The van der Waals surface area contributed by atoms with Crippen LogP contribution in [-0.4, -0.2) is 16.5 Å². The zero-order valence-electron chi connectivity index (χ0n) is 16.7. The highest BCUT2D eigenvalue weighted by Gasteiger charge is 2.10. The molecule has 3 rings (SSSR count). The van der Waals surface area contributed by atoms with Gasteiger partial charge < -0.3 is 27.8 Å². The third-order valence-corrected chi connectivity index (χ3v) is 4.51. The number of nitrogen functional groups attached to an aromatic ring is 1. The minimum atomic E-state index is 0.458. The second-order valence-corrected chi connectivity index (χ2v) is 6.82. The Morgan fingerprint density at radius 3 is 2.31 bits per heavy atom. The van der Waals surface area contributed by atoms with Gasteiger partial charge in [-0.1, -0.05) is 24.3 Å². The van der Waals surface area contributed by atoms with Gasteiger partial charge >= 0.3 is 0 Å². The number of hydrogen-bond acceptors (Lipinski definition) is 7. The van der Waals surface area contributed by atoms with Crippen LogP contribution in [0.5, 0.6) is 0 Å². The van der Waals surface area contributed by atoms with Crippen molar-refractivity contribution in [1.29, 1.82) is 0 Å². The van der Waals surface area contributed by atoms with E-state index in [0.29, 0.717) is 30.5 Å². The van der Waals surface area contributed by atoms with E-state index in [2.05, 4.69) is 32.7 Å². The second-order valence-electron chi connectivity index (χ2n) is 6.82. The van der Waals surface area contributed by atoms with Crippen LogP contribution in [-0.2, 0) is 6.54 Å². The highest BCUT2D eigenvalue weighted by atomic mass is 15.2. The van der Waals surface area contributed by atoms with Crippen molar-refractivity contribution >= 4 is 34.9 Å². The van der Waals surface area contributed by atoms with Crippen LogP contribution in [0.2, 0.25) is 0 Å². The SMILES string of the molecule is Cc1cc(/C=C/CN)cc(C)c1Nc1nc(Nc2ccc(CN)cc2)ncc1N. The lowest BCUT2D eigenvalue weighted by Crippen LogP contribution is -2.06. The first-order chi connectivity index (χ1) is 14.0. The van der Waals surface area contributed by atoms with Gasteiger partial charge in [0.05, 0.1) is 11.9 Å². The van der Waals surface area contributed by atoms with E-state index in [1.807, 2.05) is 50.3 Å². The number of benzene rings is 2. The maximum atomic E-state index is 6.11. The van der Waals surface area contributed by atoms with Gasteiger partial charge in [0, 0.05) is 24.5 Å². The summed E-state index contributed by atoms with van der Waals surface area (Å²) in [5.41, 5.74) is 24.0. The smallest absolute Gasteiger partial charge is 0.229 e. The van der Waals surface area contributed by atoms with Crippen LogP contribution in [0, 0.1) is 13.8 Å². The molecule has 0 spiro atoms. The maximum absolute atomic E-state index is 6.11. The van der Waals surface area contributed by atoms with Gasteiger partial charge in [0.2, 0.25) is 5.95 Å². The molecule has 8 N–H and O–H groups in total. The monoisotopic (exact) mass is 389 g/mol. The number of nitrogens with two attached hydrogens (primary N) is 3. The molecule has 150 valence electrons. The quantitative estimate of drug-likeness (QED) is 0.418. The lowest BCUT2D eigenvalue weighted by Gasteiger charge is -2.15. The average molecular weight is 390 g/mol. The molecule has 0 saturated carbocycles. The van der Waals surface area contributed by atoms with E-state index < -0.39 is 0 Å². The average Bonchev–Trinajstić information content (AvgIpc) is 2.72. The third-order valence-electron chi connectivity index (χ3n) is 4.51. The molecule has 0 aliphatic rings. The molecular weight excluding hydrogens is 362 g/mol. The van der Waals surface area contributed by atoms with E-state index in [1.54, 1.807) is 6.20 Å². The number of nitrogens with one attached hydrogen (secondary N) is 2. The predicted molar refractivity (Wildman–Crippen MR) is 121 cm³/mol. The molecule has 2 aromatic carbocycles. The summed E-state index contributed by atoms with van der Waals surface area (Å²) in [5.74, 6) is 1.01. The number of aryl methyl sites for hydroxylation is 2. The number of hydrogen-bond donors (Lipinski definition) is 5. The molecule has 7 heteroatoms. The summed E-state index contributed by atoms with van der Waals surface area (Å²) in [5, 5.41) is 6.55. The summed E-state index contributed by atoms with van der Waals surface area (Å²) in [7, 11) is 0. The summed E-state index contributed by atoms with van der Waals surface area (Å²) in [6, 6.07) is 12.0. The van der Waals surface area contributed by atoms with Crippen molar-refractivity contribution in [3.05, 3.63) is 70.9 Å². The fourth-order valence-corrected chi connectivity index (χ4v) is 3.02. The number of aromatic nitrogens is 2. The van der Waals surface area contributed by atoms with Gasteiger partial charge in [-0.2, -0.15) is 4.98 Å². The Balaban J connectivity index is 1.84. The van der Waals surface area contributed by atoms with Crippen LogP contribution in [0.15, 0.2) is 48.7 Å². The van der Waals surface area contributed by atoms with Crippen molar-refractivity contribution < 1.29 is 0 Å². The van der Waals surface area contributed by atoms with Crippen LogP contribution < -0.4 is 27.8 Å². The van der Waals surface area contributed by atoms with Crippen LogP contribution in [0.25, 0.3) is 6.08 Å². The molecule has 1 aromatic heterocycles. The van der Waals surface area contributed by atoms with Gasteiger partial charge in [0.25, 0.3) is 0 Å². The Morgan fingerprint density at radius 2 is 1.69 bits per heavy atom. The van der Waals surface area contributed by atoms with E-state index in [1.165, 1.54) is 0 Å². The minimum absolute atomic E-state index is 0.458. The Bertz CT molecular complexity index is 987. The van der Waals surface area contributed by atoms with Crippen molar-refractivity contribution in [3.63, 3.8) is 0 Å². The van der Waals surface area contributed by atoms with E-state index in [9.17, 15) is 0 Å². The van der Waals surface area contributed by atoms with Crippen LogP contribution in [0.3, 0.4) is 0 Å². The highest BCUT2D eigenvalue weighted by molar-refractivity contribution is 5.74. The fourth-order valence-electron chi connectivity index (χ4n) is 3.02. The lowest BCUT2D eigenvalue weighted by molar-refractivity contribution is 1.07. The molecule has 1 heterocycles. The Labute approximate surface area is 171 Å². The van der Waals surface area contributed by atoms with E-state index in [0.717, 1.165) is 33.6 Å². The van der Waals surface area contributed by atoms with Crippen molar-refractivity contribution in [2.75, 3.05) is 22.9 Å². The molecule has 7 nitrogen and oxygen atoms in total. The van der Waals surface area contributed by atoms with Gasteiger partial charge in [0.15, 0.2) is 5.82 Å². The standard InChI is InChI=1S/C22H27N7/c1-14-10-17(4-3-9-23)11-15(2)20(14)28-21-19(25)13-26-22(29-21)27-18-7-5-16(12-24)6-8-18/h3-8,10-11,13H,9,12,23-25H2,1-2H3,(H2,26,27,28,29)/b4-3+. The van der Waals surface area contributed by atoms with E-state index >= 15 is 0 Å². The summed E-state index contributed by atoms with van der Waals surface area (Å²) >= 11 is 0. The minimum Gasteiger partial charge on any atom is -0.394 e. The number of rotatable bonds is 7. The molecule has 0 aliphatic heterocycles. The summed E-state index contributed by atoms with van der Waals surface area (Å²) in [6.45, 7) is 5.11. The van der Waals surface area contributed by atoms with Crippen molar-refractivity contribution in [2.24, 2.45) is 11.5 Å². The topological polar surface area (TPSA) is 128 Å². The molecule has 0 unspecified atom stereocenters. The molecule has 0 aliphatic carbocycles. The number of nitrogens with zero attached hydrogens (tertiary/aromatic N) is 2. The highest BCUT2D eigenvalue weighted by Crippen LogP contribution is 2.29. The Kier molecular flexibility index (Phi) is 6.43. The zero-order chi connectivity index (χ0) is 20.8. The van der Waals surface area contributed by atoms with Gasteiger partial charge in [-0.05, 0) is 60.4 Å². The molecule has 3 aromatic rings. The van der Waals surface area contributed by atoms with Crippen molar-refractivity contribution in [2.45, 2.75) is 20.4 Å². The zero-order valence-corrected chi connectivity index (χ0v) is 16.7. The van der Waals surface area contributed by atoms with Crippen LogP contribution >= 0.6 is 0 Å². The first kappa shape index (κ1) is 20.3. The van der Waals surface area contributed by atoms with Gasteiger partial charge in [-0.25, -0.2) is 4.98 Å². The molecule has 0 radical (unpaired) electrons. The van der Waals surface area contributed by atoms with Gasteiger partial charge in [-0.15, -0.1) is 0 Å². The largest absolute Gasteiger partial charge is 0.394 e. The summed E-state index contributed by atoms with van der Waals surface area (Å²) in [6.07, 6.45) is 5.54. The molecule has 0 fully saturated rings. The predicted octanol–water partition coefficient (Wildman–Crippen LogP) is 3.59. The Morgan fingerprint density at radius 1 is 1.00 bits per heavy atom. The molecule has 29 heavy (non-hydrogen) atoms. The van der Waals surface area contributed by atoms with Gasteiger partial charge in [0.1, 0.15) is 0 Å².